The van der Waals surface area contributed by atoms with E-state index in [4.69, 9.17) is 0 Å². The van der Waals surface area contributed by atoms with Crippen LogP contribution in [-0.4, -0.2) is 29.7 Å². The zero-order valence-corrected chi connectivity index (χ0v) is 13.5. The number of hydrogen-bond acceptors (Lipinski definition) is 5. The van der Waals surface area contributed by atoms with Gasteiger partial charge in [0.15, 0.2) is 0 Å². The minimum absolute atomic E-state index is 0.00236. The van der Waals surface area contributed by atoms with Crippen LogP contribution in [-0.2, 0) is 9.59 Å². The molecule has 0 fully saturated rings. The van der Waals surface area contributed by atoms with E-state index >= 15 is 0 Å². The van der Waals surface area contributed by atoms with Gasteiger partial charge in [-0.2, -0.15) is 0 Å². The van der Waals surface area contributed by atoms with Crippen LogP contribution in [0.1, 0.15) is 11.0 Å². The van der Waals surface area contributed by atoms with Crippen molar-refractivity contribution in [3.63, 3.8) is 0 Å². The zero-order chi connectivity index (χ0) is 15.9. The highest BCUT2D eigenvalue weighted by atomic mass is 32.2. The highest BCUT2D eigenvalue weighted by Gasteiger charge is 2.16. The first kappa shape index (κ1) is 16.5. The largest absolute Gasteiger partial charge is 0.386 e. The van der Waals surface area contributed by atoms with Crippen LogP contribution in [0.5, 0.6) is 0 Å². The average molecular weight is 336 g/mol. The Morgan fingerprint density at radius 3 is 2.77 bits per heavy atom. The van der Waals surface area contributed by atoms with Gasteiger partial charge in [0.05, 0.1) is 0 Å². The summed E-state index contributed by atoms with van der Waals surface area (Å²) in [6.45, 7) is -0.00236. The third kappa shape index (κ3) is 4.59. The average Bonchev–Trinajstić information content (AvgIpc) is 3.06. The molecule has 2 aromatic rings. The monoisotopic (exact) mass is 336 g/mol. The quantitative estimate of drug-likeness (QED) is 0.578. The number of rotatable bonds is 5. The van der Waals surface area contributed by atoms with Crippen LogP contribution < -0.4 is 10.6 Å². The first-order valence-corrected chi connectivity index (χ1v) is 8.65. The van der Waals surface area contributed by atoms with E-state index < -0.39 is 17.9 Å². The molecule has 116 valence electrons. The number of thioether (sulfide) groups is 1. The van der Waals surface area contributed by atoms with Crippen LogP contribution in [0.15, 0.2) is 46.7 Å². The van der Waals surface area contributed by atoms with Gasteiger partial charge < -0.3 is 15.7 Å². The fourth-order valence-corrected chi connectivity index (χ4v) is 2.91. The van der Waals surface area contributed by atoms with Gasteiger partial charge in [0.25, 0.3) is 0 Å². The van der Waals surface area contributed by atoms with Gasteiger partial charge in [-0.05, 0) is 35.9 Å². The molecule has 3 N–H and O–H groups in total. The van der Waals surface area contributed by atoms with Crippen molar-refractivity contribution in [2.75, 3.05) is 18.1 Å². The fraction of sp³-hybridized carbons (Fsp3) is 0.200. The summed E-state index contributed by atoms with van der Waals surface area (Å²) in [5.41, 5.74) is 0.561. The molecule has 0 aliphatic carbocycles. The standard InChI is InChI=1S/C15H16N2O3S2/c1-21-11-5-2-4-10(8-11)17-15(20)14(19)16-9-12(18)13-6-3-7-22-13/h2-8,12,18H,9H2,1H3,(H,16,19)(H,17,20)/t12-/m1/s1. The topological polar surface area (TPSA) is 78.4 Å². The molecule has 1 heterocycles. The van der Waals surface area contributed by atoms with Crippen molar-refractivity contribution >= 4 is 40.6 Å². The summed E-state index contributed by atoms with van der Waals surface area (Å²) in [4.78, 5) is 25.3. The van der Waals surface area contributed by atoms with Gasteiger partial charge in [-0.1, -0.05) is 12.1 Å². The third-order valence-electron chi connectivity index (χ3n) is 2.86. The first-order valence-electron chi connectivity index (χ1n) is 6.55. The van der Waals surface area contributed by atoms with Crippen molar-refractivity contribution in [1.29, 1.82) is 0 Å². The molecule has 2 amide bonds. The number of carbonyl (C=O) groups excluding carboxylic acids is 2. The van der Waals surface area contributed by atoms with Crippen molar-refractivity contribution in [2.45, 2.75) is 11.0 Å². The molecule has 7 heteroatoms. The summed E-state index contributed by atoms with van der Waals surface area (Å²) >= 11 is 2.94. The van der Waals surface area contributed by atoms with Gasteiger partial charge >= 0.3 is 11.8 Å². The number of hydrogen-bond donors (Lipinski definition) is 3. The Labute approximate surface area is 136 Å². The molecular weight excluding hydrogens is 320 g/mol. The summed E-state index contributed by atoms with van der Waals surface area (Å²) in [5.74, 6) is -1.53. The van der Waals surface area contributed by atoms with Gasteiger partial charge in [0, 0.05) is 22.0 Å². The molecule has 0 bridgehead atoms. The van der Waals surface area contributed by atoms with Crippen LogP contribution in [0.4, 0.5) is 5.69 Å². The second-order valence-electron chi connectivity index (χ2n) is 4.43. The van der Waals surface area contributed by atoms with Gasteiger partial charge in [0.1, 0.15) is 6.10 Å². The van der Waals surface area contributed by atoms with E-state index in [1.54, 1.807) is 36.0 Å². The lowest BCUT2D eigenvalue weighted by atomic mass is 10.3. The molecule has 0 aliphatic rings. The number of aliphatic hydroxyl groups excluding tert-OH is 1. The predicted molar refractivity (Wildman–Crippen MR) is 89.1 cm³/mol. The second kappa shape index (κ2) is 7.98. The molecule has 0 saturated carbocycles. The van der Waals surface area contributed by atoms with Gasteiger partial charge in [-0.25, -0.2) is 0 Å². The molecule has 1 aromatic carbocycles. The molecule has 0 radical (unpaired) electrons. The summed E-state index contributed by atoms with van der Waals surface area (Å²) in [5, 5.41) is 16.6. The van der Waals surface area contributed by atoms with Crippen molar-refractivity contribution in [3.05, 3.63) is 46.7 Å². The maximum Gasteiger partial charge on any atom is 0.313 e. The number of nitrogens with one attached hydrogen (secondary N) is 2. The highest BCUT2D eigenvalue weighted by molar-refractivity contribution is 7.98. The molecule has 0 unspecified atom stereocenters. The Bertz CT molecular complexity index is 644. The van der Waals surface area contributed by atoms with Gasteiger partial charge in [-0.3, -0.25) is 9.59 Å². The first-order chi connectivity index (χ1) is 10.6. The summed E-state index contributed by atoms with van der Waals surface area (Å²) < 4.78 is 0. The van der Waals surface area contributed by atoms with Crippen LogP contribution >= 0.6 is 23.1 Å². The van der Waals surface area contributed by atoms with E-state index in [9.17, 15) is 14.7 Å². The molecule has 1 atom stereocenters. The van der Waals surface area contributed by atoms with E-state index in [-0.39, 0.29) is 6.54 Å². The predicted octanol–water partition coefficient (Wildman–Crippen LogP) is 2.26. The summed E-state index contributed by atoms with van der Waals surface area (Å²) in [6.07, 6.45) is 1.12. The third-order valence-corrected chi connectivity index (χ3v) is 4.56. The fourth-order valence-electron chi connectivity index (χ4n) is 1.74. The smallest absolute Gasteiger partial charge is 0.313 e. The van der Waals surface area contributed by atoms with Crippen LogP contribution in [0.25, 0.3) is 0 Å². The lowest BCUT2D eigenvalue weighted by Gasteiger charge is -2.10. The van der Waals surface area contributed by atoms with Gasteiger partial charge in [0.2, 0.25) is 0 Å². The van der Waals surface area contributed by atoms with Crippen molar-refractivity contribution in [2.24, 2.45) is 0 Å². The minimum atomic E-state index is -0.809. The number of thiophene rings is 1. The number of benzene rings is 1. The van der Waals surface area contributed by atoms with Crippen molar-refractivity contribution in [3.8, 4) is 0 Å². The summed E-state index contributed by atoms with van der Waals surface area (Å²) in [6, 6.07) is 10.8. The lowest BCUT2D eigenvalue weighted by molar-refractivity contribution is -0.136. The molecule has 2 rings (SSSR count). The number of aliphatic hydroxyl groups is 1. The Kier molecular flexibility index (Phi) is 6.00. The summed E-state index contributed by atoms with van der Waals surface area (Å²) in [7, 11) is 0. The Balaban J connectivity index is 1.85. The van der Waals surface area contributed by atoms with E-state index in [1.807, 2.05) is 23.8 Å². The van der Waals surface area contributed by atoms with Crippen LogP contribution in [0.3, 0.4) is 0 Å². The van der Waals surface area contributed by atoms with E-state index in [0.29, 0.717) is 5.69 Å². The molecule has 1 aromatic heterocycles. The Morgan fingerprint density at radius 1 is 1.27 bits per heavy atom. The highest BCUT2D eigenvalue weighted by Crippen LogP contribution is 2.19. The SMILES string of the molecule is CSc1cccc(NC(=O)C(=O)NC[C@@H](O)c2cccs2)c1. The molecule has 0 saturated heterocycles. The van der Waals surface area contributed by atoms with E-state index in [1.165, 1.54) is 11.3 Å². The maximum absolute atomic E-state index is 11.8. The Hall–Kier alpha value is -1.83. The van der Waals surface area contributed by atoms with Crippen LogP contribution in [0.2, 0.25) is 0 Å². The molecular formula is C15H16N2O3S2. The minimum Gasteiger partial charge on any atom is -0.386 e. The second-order valence-corrected chi connectivity index (χ2v) is 6.29. The number of amides is 2. The Morgan fingerprint density at radius 2 is 2.09 bits per heavy atom. The number of carbonyl (C=O) groups is 2. The maximum atomic E-state index is 11.8. The number of anilines is 1. The molecule has 5 nitrogen and oxygen atoms in total. The molecule has 0 spiro atoms. The van der Waals surface area contributed by atoms with Gasteiger partial charge in [-0.15, -0.1) is 23.1 Å². The zero-order valence-electron chi connectivity index (χ0n) is 11.9. The molecule has 22 heavy (non-hydrogen) atoms. The van der Waals surface area contributed by atoms with E-state index in [2.05, 4.69) is 10.6 Å². The lowest BCUT2D eigenvalue weighted by Crippen LogP contribution is -2.37. The molecule has 0 aliphatic heterocycles. The normalized spacial score (nSPS) is 11.7. The van der Waals surface area contributed by atoms with Crippen molar-refractivity contribution < 1.29 is 14.7 Å². The van der Waals surface area contributed by atoms with Crippen LogP contribution in [0, 0.1) is 0 Å². The van der Waals surface area contributed by atoms with Crippen molar-refractivity contribution in [1.82, 2.24) is 5.32 Å². The van der Waals surface area contributed by atoms with E-state index in [0.717, 1.165) is 9.77 Å².